The minimum atomic E-state index is -0.00639. The van der Waals surface area contributed by atoms with E-state index in [1.807, 2.05) is 6.07 Å². The number of benzene rings is 1. The largest absolute Gasteiger partial charge is 0.506 e. The Kier molecular flexibility index (Phi) is 3.78. The monoisotopic (exact) mass is 213 g/mol. The molecule has 1 aromatic rings. The zero-order valence-electron chi connectivity index (χ0n) is 8.50. The predicted molar refractivity (Wildman–Crippen MR) is 59.5 cm³/mol. The van der Waals surface area contributed by atoms with Crippen LogP contribution in [0.2, 0.25) is 5.02 Å². The minimum Gasteiger partial charge on any atom is -0.506 e. The van der Waals surface area contributed by atoms with Gasteiger partial charge in [0, 0.05) is 6.04 Å². The van der Waals surface area contributed by atoms with Gasteiger partial charge in [0.25, 0.3) is 0 Å². The van der Waals surface area contributed by atoms with E-state index in [-0.39, 0.29) is 11.8 Å². The van der Waals surface area contributed by atoms with Crippen LogP contribution in [0.25, 0.3) is 0 Å². The van der Waals surface area contributed by atoms with Gasteiger partial charge in [0.05, 0.1) is 5.02 Å². The van der Waals surface area contributed by atoms with E-state index in [0.717, 1.165) is 12.0 Å². The van der Waals surface area contributed by atoms with Crippen molar-refractivity contribution in [3.05, 3.63) is 28.8 Å². The number of hydrogen-bond donors (Lipinski definition) is 2. The normalized spacial score (nSPS) is 13.2. The maximum Gasteiger partial charge on any atom is 0.134 e. The quantitative estimate of drug-likeness (QED) is 0.811. The molecule has 0 fully saturated rings. The predicted octanol–water partition coefficient (Wildman–Crippen LogP) is 3.09. The van der Waals surface area contributed by atoms with Crippen LogP contribution in [0.1, 0.15) is 31.9 Å². The smallest absolute Gasteiger partial charge is 0.134 e. The number of aromatic hydroxyl groups is 1. The second kappa shape index (κ2) is 4.67. The Morgan fingerprint density at radius 2 is 2.07 bits per heavy atom. The molecule has 0 saturated carbocycles. The molecule has 0 heterocycles. The van der Waals surface area contributed by atoms with Crippen molar-refractivity contribution in [1.29, 1.82) is 0 Å². The molecule has 0 aliphatic heterocycles. The van der Waals surface area contributed by atoms with Gasteiger partial charge in [-0.25, -0.2) is 0 Å². The highest BCUT2D eigenvalue weighted by Gasteiger charge is 2.09. The SMILES string of the molecule is CC(C)C[C@H](N)c1ccc(O)c(Cl)c1. The van der Waals surface area contributed by atoms with Crippen molar-refractivity contribution in [1.82, 2.24) is 0 Å². The van der Waals surface area contributed by atoms with Gasteiger partial charge in [-0.1, -0.05) is 31.5 Å². The maximum absolute atomic E-state index is 9.23. The van der Waals surface area contributed by atoms with Gasteiger partial charge in [0.1, 0.15) is 5.75 Å². The number of nitrogens with two attached hydrogens (primary N) is 1. The highest BCUT2D eigenvalue weighted by molar-refractivity contribution is 6.32. The number of hydrogen-bond acceptors (Lipinski definition) is 2. The minimum absolute atomic E-state index is 0.00639. The third kappa shape index (κ3) is 2.89. The number of phenolic OH excluding ortho intramolecular Hbond substituents is 1. The molecular weight excluding hydrogens is 198 g/mol. The molecule has 0 aliphatic rings. The zero-order chi connectivity index (χ0) is 10.7. The maximum atomic E-state index is 9.23. The van der Waals surface area contributed by atoms with Crippen molar-refractivity contribution in [3.8, 4) is 5.75 Å². The van der Waals surface area contributed by atoms with Gasteiger partial charge in [-0.15, -0.1) is 0 Å². The summed E-state index contributed by atoms with van der Waals surface area (Å²) in [5.41, 5.74) is 6.95. The first-order valence-corrected chi connectivity index (χ1v) is 5.12. The van der Waals surface area contributed by atoms with E-state index < -0.39 is 0 Å². The van der Waals surface area contributed by atoms with Crippen molar-refractivity contribution in [2.75, 3.05) is 0 Å². The first-order valence-electron chi connectivity index (χ1n) is 4.74. The summed E-state index contributed by atoms with van der Waals surface area (Å²) < 4.78 is 0. The second-order valence-electron chi connectivity index (χ2n) is 3.95. The topological polar surface area (TPSA) is 46.2 Å². The fraction of sp³-hybridized carbons (Fsp3) is 0.455. The molecule has 0 aliphatic carbocycles. The summed E-state index contributed by atoms with van der Waals surface area (Å²) in [6.45, 7) is 4.25. The summed E-state index contributed by atoms with van der Waals surface area (Å²) in [5, 5.41) is 9.60. The summed E-state index contributed by atoms with van der Waals surface area (Å²) >= 11 is 5.79. The molecule has 1 rings (SSSR count). The molecule has 0 bridgehead atoms. The molecule has 1 aromatic carbocycles. The van der Waals surface area contributed by atoms with E-state index in [4.69, 9.17) is 17.3 Å². The van der Waals surface area contributed by atoms with Crippen LogP contribution >= 0.6 is 11.6 Å². The third-order valence-electron chi connectivity index (χ3n) is 2.13. The Morgan fingerprint density at radius 3 is 2.57 bits per heavy atom. The van der Waals surface area contributed by atoms with E-state index in [1.54, 1.807) is 12.1 Å². The molecule has 78 valence electrons. The highest BCUT2D eigenvalue weighted by Crippen LogP contribution is 2.27. The summed E-state index contributed by atoms with van der Waals surface area (Å²) in [6, 6.07) is 5.11. The Hall–Kier alpha value is -0.730. The lowest BCUT2D eigenvalue weighted by molar-refractivity contribution is 0.473. The second-order valence-corrected chi connectivity index (χ2v) is 4.35. The van der Waals surface area contributed by atoms with Crippen LogP contribution in [0.3, 0.4) is 0 Å². The fourth-order valence-corrected chi connectivity index (χ4v) is 1.59. The van der Waals surface area contributed by atoms with Gasteiger partial charge in [-0.3, -0.25) is 0 Å². The van der Waals surface area contributed by atoms with Gasteiger partial charge in [0.2, 0.25) is 0 Å². The molecule has 3 heteroatoms. The van der Waals surface area contributed by atoms with E-state index in [0.29, 0.717) is 10.9 Å². The van der Waals surface area contributed by atoms with Crippen LogP contribution in [0.5, 0.6) is 5.75 Å². The summed E-state index contributed by atoms with van der Waals surface area (Å²) in [4.78, 5) is 0. The zero-order valence-corrected chi connectivity index (χ0v) is 9.25. The Morgan fingerprint density at radius 1 is 1.43 bits per heavy atom. The van der Waals surface area contributed by atoms with Crippen molar-refractivity contribution in [3.63, 3.8) is 0 Å². The Bertz CT molecular complexity index is 312. The van der Waals surface area contributed by atoms with Gasteiger partial charge in [0.15, 0.2) is 0 Å². The lowest BCUT2D eigenvalue weighted by atomic mass is 9.98. The molecule has 0 aromatic heterocycles. The lowest BCUT2D eigenvalue weighted by Gasteiger charge is -2.14. The summed E-state index contributed by atoms with van der Waals surface area (Å²) in [7, 11) is 0. The molecule has 14 heavy (non-hydrogen) atoms. The van der Waals surface area contributed by atoms with E-state index >= 15 is 0 Å². The van der Waals surface area contributed by atoms with E-state index in [1.165, 1.54) is 0 Å². The van der Waals surface area contributed by atoms with Gasteiger partial charge in [-0.2, -0.15) is 0 Å². The van der Waals surface area contributed by atoms with Crippen LogP contribution in [0.4, 0.5) is 0 Å². The first-order chi connectivity index (χ1) is 6.50. The average molecular weight is 214 g/mol. The average Bonchev–Trinajstić information content (AvgIpc) is 2.08. The number of phenols is 1. The fourth-order valence-electron chi connectivity index (χ4n) is 1.40. The van der Waals surface area contributed by atoms with Crippen LogP contribution in [-0.2, 0) is 0 Å². The third-order valence-corrected chi connectivity index (χ3v) is 2.43. The molecule has 0 saturated heterocycles. The van der Waals surface area contributed by atoms with Crippen molar-refractivity contribution >= 4 is 11.6 Å². The van der Waals surface area contributed by atoms with E-state index in [2.05, 4.69) is 13.8 Å². The van der Waals surface area contributed by atoms with Crippen LogP contribution in [-0.4, -0.2) is 5.11 Å². The van der Waals surface area contributed by atoms with Crippen LogP contribution in [0, 0.1) is 5.92 Å². The standard InChI is InChI=1S/C11H16ClNO/c1-7(2)5-10(13)8-3-4-11(14)9(12)6-8/h3-4,6-7,10,14H,5,13H2,1-2H3/t10-/m0/s1. The van der Waals surface area contributed by atoms with Crippen molar-refractivity contribution in [2.24, 2.45) is 11.7 Å². The summed E-state index contributed by atoms with van der Waals surface area (Å²) in [6.07, 6.45) is 0.918. The first kappa shape index (κ1) is 11.3. The van der Waals surface area contributed by atoms with Crippen molar-refractivity contribution < 1.29 is 5.11 Å². The molecule has 2 nitrogen and oxygen atoms in total. The molecule has 1 atom stereocenters. The van der Waals surface area contributed by atoms with Crippen LogP contribution < -0.4 is 5.73 Å². The molecule has 3 N–H and O–H groups in total. The Labute approximate surface area is 89.7 Å². The lowest BCUT2D eigenvalue weighted by Crippen LogP contribution is -2.12. The Balaban J connectivity index is 2.80. The van der Waals surface area contributed by atoms with Gasteiger partial charge < -0.3 is 10.8 Å². The van der Waals surface area contributed by atoms with Crippen LogP contribution in [0.15, 0.2) is 18.2 Å². The van der Waals surface area contributed by atoms with E-state index in [9.17, 15) is 5.11 Å². The molecule has 0 radical (unpaired) electrons. The van der Waals surface area contributed by atoms with Gasteiger partial charge >= 0.3 is 0 Å². The van der Waals surface area contributed by atoms with Gasteiger partial charge in [-0.05, 0) is 30.0 Å². The molecule has 0 spiro atoms. The number of halogens is 1. The summed E-state index contributed by atoms with van der Waals surface area (Å²) in [5.74, 6) is 0.657. The van der Waals surface area contributed by atoms with Crippen molar-refractivity contribution in [2.45, 2.75) is 26.3 Å². The molecule has 0 amide bonds. The molecular formula is C11H16ClNO. The molecule has 0 unspecified atom stereocenters. The number of rotatable bonds is 3. The highest BCUT2D eigenvalue weighted by atomic mass is 35.5.